The summed E-state index contributed by atoms with van der Waals surface area (Å²) < 4.78 is 11.2. The number of para-hydroxylation sites is 2. The number of anilines is 3. The second-order valence-corrected chi connectivity index (χ2v) is 6.63. The van der Waals surface area contributed by atoms with Gasteiger partial charge in [0.1, 0.15) is 17.2 Å². The molecule has 0 radical (unpaired) electrons. The quantitative estimate of drug-likeness (QED) is 0.548. The van der Waals surface area contributed by atoms with E-state index in [-0.39, 0.29) is 12.0 Å². The van der Waals surface area contributed by atoms with Gasteiger partial charge in [0.25, 0.3) is 5.91 Å². The molecule has 6 heteroatoms. The lowest BCUT2D eigenvalue weighted by molar-refractivity contribution is 0.102. The van der Waals surface area contributed by atoms with Crippen LogP contribution in [0.3, 0.4) is 0 Å². The zero-order valence-electron chi connectivity index (χ0n) is 16.8. The Balaban J connectivity index is 1.63. The van der Waals surface area contributed by atoms with Gasteiger partial charge in [-0.1, -0.05) is 12.1 Å². The molecule has 2 aromatic carbocycles. The van der Waals surface area contributed by atoms with Crippen molar-refractivity contribution in [2.24, 2.45) is 0 Å². The molecule has 6 nitrogen and oxygen atoms in total. The number of aromatic nitrogens is 1. The average Bonchev–Trinajstić information content (AvgIpc) is 2.71. The van der Waals surface area contributed by atoms with Crippen LogP contribution in [0.1, 0.15) is 31.3 Å². The highest BCUT2D eigenvalue weighted by atomic mass is 16.5. The summed E-state index contributed by atoms with van der Waals surface area (Å²) in [5.74, 6) is 1.25. The van der Waals surface area contributed by atoms with E-state index >= 15 is 0 Å². The molecule has 0 saturated carbocycles. The number of nitrogens with zero attached hydrogens (tertiary/aromatic N) is 1. The number of rotatable bonds is 8. The Bertz CT molecular complexity index is 938. The van der Waals surface area contributed by atoms with E-state index in [1.165, 1.54) is 0 Å². The third-order valence-electron chi connectivity index (χ3n) is 3.95. The number of ether oxygens (including phenoxy) is 2. The second kappa shape index (κ2) is 9.59. The van der Waals surface area contributed by atoms with Gasteiger partial charge in [-0.2, -0.15) is 0 Å². The van der Waals surface area contributed by atoms with Crippen molar-refractivity contribution in [3.63, 3.8) is 0 Å². The number of amides is 1. The van der Waals surface area contributed by atoms with Crippen molar-refractivity contribution in [1.29, 1.82) is 0 Å². The Hall–Kier alpha value is -3.54. The largest absolute Gasteiger partial charge is 0.492 e. The van der Waals surface area contributed by atoms with Crippen molar-refractivity contribution in [2.75, 3.05) is 17.2 Å². The van der Waals surface area contributed by atoms with Crippen LogP contribution in [0.25, 0.3) is 0 Å². The number of hydrogen-bond donors (Lipinski definition) is 2. The van der Waals surface area contributed by atoms with E-state index in [1.54, 1.807) is 24.4 Å². The summed E-state index contributed by atoms with van der Waals surface area (Å²) in [5.41, 5.74) is 2.62. The first-order valence-corrected chi connectivity index (χ1v) is 9.58. The predicted molar refractivity (Wildman–Crippen MR) is 115 cm³/mol. The topological polar surface area (TPSA) is 72.5 Å². The monoisotopic (exact) mass is 391 g/mol. The highest BCUT2D eigenvalue weighted by Gasteiger charge is 2.09. The molecule has 0 saturated heterocycles. The zero-order valence-corrected chi connectivity index (χ0v) is 16.8. The number of benzene rings is 2. The van der Waals surface area contributed by atoms with E-state index in [2.05, 4.69) is 15.6 Å². The first kappa shape index (κ1) is 20.2. The van der Waals surface area contributed by atoms with Crippen molar-refractivity contribution in [3.05, 3.63) is 72.6 Å². The summed E-state index contributed by atoms with van der Waals surface area (Å²) in [6, 6.07) is 18.4. The Morgan fingerprint density at radius 3 is 2.38 bits per heavy atom. The lowest BCUT2D eigenvalue weighted by Gasteiger charge is -2.12. The number of carbonyl (C=O) groups excluding carboxylic acids is 1. The van der Waals surface area contributed by atoms with Crippen LogP contribution in [0.15, 0.2) is 66.9 Å². The molecule has 0 spiro atoms. The summed E-state index contributed by atoms with van der Waals surface area (Å²) in [7, 11) is 0. The lowest BCUT2D eigenvalue weighted by Crippen LogP contribution is -2.13. The van der Waals surface area contributed by atoms with Crippen molar-refractivity contribution in [2.45, 2.75) is 26.9 Å². The molecule has 0 fully saturated rings. The third-order valence-corrected chi connectivity index (χ3v) is 3.95. The van der Waals surface area contributed by atoms with Gasteiger partial charge < -0.3 is 20.1 Å². The van der Waals surface area contributed by atoms with Gasteiger partial charge in [0.2, 0.25) is 0 Å². The van der Waals surface area contributed by atoms with Gasteiger partial charge in [0.05, 0.1) is 30.3 Å². The summed E-state index contributed by atoms with van der Waals surface area (Å²) in [4.78, 5) is 16.7. The summed E-state index contributed by atoms with van der Waals surface area (Å²) in [6.07, 6.45) is 1.73. The van der Waals surface area contributed by atoms with Crippen LogP contribution < -0.4 is 20.1 Å². The number of hydrogen-bond acceptors (Lipinski definition) is 5. The van der Waals surface area contributed by atoms with Crippen LogP contribution in [0.2, 0.25) is 0 Å². The Labute approximate surface area is 170 Å². The molecular weight excluding hydrogens is 366 g/mol. The Morgan fingerprint density at radius 2 is 1.72 bits per heavy atom. The molecule has 3 rings (SSSR count). The van der Waals surface area contributed by atoms with Crippen LogP contribution in [0.5, 0.6) is 11.5 Å². The van der Waals surface area contributed by atoms with Crippen LogP contribution in [-0.4, -0.2) is 23.6 Å². The van der Waals surface area contributed by atoms with Crippen molar-refractivity contribution in [1.82, 2.24) is 4.98 Å². The molecule has 150 valence electrons. The van der Waals surface area contributed by atoms with Gasteiger partial charge in [-0.25, -0.2) is 4.98 Å². The molecule has 2 N–H and O–H groups in total. The molecule has 1 amide bonds. The number of nitrogens with one attached hydrogen (secondary N) is 2. The van der Waals surface area contributed by atoms with Crippen molar-refractivity contribution in [3.8, 4) is 11.5 Å². The maximum Gasteiger partial charge on any atom is 0.274 e. The van der Waals surface area contributed by atoms with Crippen LogP contribution >= 0.6 is 0 Å². The molecule has 0 aliphatic rings. The maximum atomic E-state index is 12.4. The van der Waals surface area contributed by atoms with Gasteiger partial charge in [0.15, 0.2) is 0 Å². The SMILES string of the molecule is CCOc1ccccc1Nc1ccc(C(=O)Nc2ccc(OC(C)C)cc2)nc1. The minimum Gasteiger partial charge on any atom is -0.492 e. The van der Waals surface area contributed by atoms with Gasteiger partial charge in [-0.05, 0) is 69.3 Å². The van der Waals surface area contributed by atoms with E-state index in [0.29, 0.717) is 18.0 Å². The van der Waals surface area contributed by atoms with Crippen molar-refractivity contribution < 1.29 is 14.3 Å². The third kappa shape index (κ3) is 5.72. The van der Waals surface area contributed by atoms with E-state index in [0.717, 1.165) is 22.9 Å². The summed E-state index contributed by atoms with van der Waals surface area (Å²) >= 11 is 0. The molecule has 1 aromatic heterocycles. The summed E-state index contributed by atoms with van der Waals surface area (Å²) in [6.45, 7) is 6.46. The normalized spacial score (nSPS) is 10.5. The summed E-state index contributed by atoms with van der Waals surface area (Å²) in [5, 5.41) is 6.10. The fourth-order valence-corrected chi connectivity index (χ4v) is 2.69. The first-order valence-electron chi connectivity index (χ1n) is 9.58. The van der Waals surface area contributed by atoms with Gasteiger partial charge in [-0.15, -0.1) is 0 Å². The first-order chi connectivity index (χ1) is 14.0. The molecule has 0 unspecified atom stereocenters. The van der Waals surface area contributed by atoms with Crippen LogP contribution in [0.4, 0.5) is 17.1 Å². The zero-order chi connectivity index (χ0) is 20.6. The van der Waals surface area contributed by atoms with E-state index in [4.69, 9.17) is 9.47 Å². The average molecular weight is 391 g/mol. The van der Waals surface area contributed by atoms with Gasteiger partial charge in [0, 0.05) is 5.69 Å². The molecule has 0 aliphatic heterocycles. The fraction of sp³-hybridized carbons (Fsp3) is 0.217. The van der Waals surface area contributed by atoms with Gasteiger partial charge in [-0.3, -0.25) is 4.79 Å². The minimum atomic E-state index is -0.274. The van der Waals surface area contributed by atoms with Crippen LogP contribution in [-0.2, 0) is 0 Å². The fourth-order valence-electron chi connectivity index (χ4n) is 2.69. The van der Waals surface area contributed by atoms with E-state index in [9.17, 15) is 4.79 Å². The second-order valence-electron chi connectivity index (χ2n) is 6.63. The molecule has 3 aromatic rings. The molecule has 0 bridgehead atoms. The maximum absolute atomic E-state index is 12.4. The molecule has 0 atom stereocenters. The Morgan fingerprint density at radius 1 is 1.00 bits per heavy atom. The number of carbonyl (C=O) groups is 1. The standard InChI is InChI=1S/C23H25N3O3/c1-4-28-22-8-6-5-7-20(22)25-18-11-14-21(24-15-18)23(27)26-17-9-12-19(13-10-17)29-16(2)3/h5-16,25H,4H2,1-3H3,(H,26,27). The van der Waals surface area contributed by atoms with E-state index < -0.39 is 0 Å². The molecule has 0 aliphatic carbocycles. The smallest absolute Gasteiger partial charge is 0.274 e. The van der Waals surface area contributed by atoms with Crippen molar-refractivity contribution >= 4 is 23.0 Å². The predicted octanol–water partition coefficient (Wildman–Crippen LogP) is 5.26. The Kier molecular flexibility index (Phi) is 6.68. The van der Waals surface area contributed by atoms with Gasteiger partial charge >= 0.3 is 0 Å². The highest BCUT2D eigenvalue weighted by Crippen LogP contribution is 2.27. The van der Waals surface area contributed by atoms with E-state index in [1.807, 2.05) is 63.2 Å². The molecular formula is C23H25N3O3. The number of pyridine rings is 1. The molecule has 1 heterocycles. The highest BCUT2D eigenvalue weighted by molar-refractivity contribution is 6.03. The lowest BCUT2D eigenvalue weighted by atomic mass is 10.2. The minimum absolute atomic E-state index is 0.104. The molecule has 29 heavy (non-hydrogen) atoms. The van der Waals surface area contributed by atoms with Crippen LogP contribution in [0, 0.1) is 0 Å².